The number of thiophene rings is 1. The number of nitrogens with one attached hydrogen (secondary N) is 1. The van der Waals surface area contributed by atoms with Crippen LogP contribution in [-0.2, 0) is 6.42 Å². The highest BCUT2D eigenvalue weighted by Crippen LogP contribution is 2.33. The Labute approximate surface area is 103 Å². The van der Waals surface area contributed by atoms with Gasteiger partial charge < -0.3 is 5.32 Å². The zero-order chi connectivity index (χ0) is 12.3. The van der Waals surface area contributed by atoms with Crippen molar-refractivity contribution in [3.63, 3.8) is 0 Å². The van der Waals surface area contributed by atoms with E-state index in [4.69, 9.17) is 0 Å². The van der Waals surface area contributed by atoms with Gasteiger partial charge in [0.25, 0.3) is 0 Å². The highest BCUT2D eigenvalue weighted by atomic mass is 32.1. The Balaban J connectivity index is 1.78. The van der Waals surface area contributed by atoms with Gasteiger partial charge in [-0.15, -0.1) is 11.3 Å². The molecule has 5 heteroatoms. The van der Waals surface area contributed by atoms with Gasteiger partial charge in [0, 0.05) is 17.3 Å². The van der Waals surface area contributed by atoms with E-state index in [0.717, 1.165) is 19.3 Å². The maximum atomic E-state index is 12.0. The number of halogens is 3. The highest BCUT2D eigenvalue weighted by molar-refractivity contribution is 7.10. The lowest BCUT2D eigenvalue weighted by atomic mass is 9.94. The quantitative estimate of drug-likeness (QED) is 0.808. The van der Waals surface area contributed by atoms with Crippen molar-refractivity contribution in [3.05, 3.63) is 21.9 Å². The minimum Gasteiger partial charge on any atom is -0.310 e. The lowest BCUT2D eigenvalue weighted by Gasteiger charge is -2.23. The SMILES string of the molecule is FC(F)(F)CCCNC1CCCc2sccc21. The summed E-state index contributed by atoms with van der Waals surface area (Å²) in [5.41, 5.74) is 1.30. The summed E-state index contributed by atoms with van der Waals surface area (Å²) in [5, 5.41) is 5.31. The van der Waals surface area contributed by atoms with Gasteiger partial charge in [0.1, 0.15) is 0 Å². The molecule has 1 heterocycles. The summed E-state index contributed by atoms with van der Waals surface area (Å²) in [6.45, 7) is 0.444. The number of hydrogen-bond donors (Lipinski definition) is 1. The first-order valence-corrected chi connectivity index (χ1v) is 6.80. The van der Waals surface area contributed by atoms with Gasteiger partial charge >= 0.3 is 6.18 Å². The molecule has 1 aromatic rings. The van der Waals surface area contributed by atoms with Gasteiger partial charge in [-0.05, 0) is 49.2 Å². The number of rotatable bonds is 4. The van der Waals surface area contributed by atoms with Crippen LogP contribution in [0.3, 0.4) is 0 Å². The minimum atomic E-state index is -4.03. The first-order chi connectivity index (χ1) is 8.06. The van der Waals surface area contributed by atoms with Crippen LogP contribution >= 0.6 is 11.3 Å². The van der Waals surface area contributed by atoms with Crippen molar-refractivity contribution < 1.29 is 13.2 Å². The van der Waals surface area contributed by atoms with Crippen LogP contribution in [0.5, 0.6) is 0 Å². The fraction of sp³-hybridized carbons (Fsp3) is 0.667. The fourth-order valence-electron chi connectivity index (χ4n) is 2.26. The van der Waals surface area contributed by atoms with Crippen LogP contribution in [0.4, 0.5) is 13.2 Å². The third kappa shape index (κ3) is 3.71. The lowest BCUT2D eigenvalue weighted by molar-refractivity contribution is -0.135. The monoisotopic (exact) mass is 263 g/mol. The molecule has 2 rings (SSSR count). The van der Waals surface area contributed by atoms with Gasteiger partial charge in [-0.25, -0.2) is 0 Å². The predicted octanol–water partition coefficient (Wildman–Crippen LogP) is 4.06. The largest absolute Gasteiger partial charge is 0.389 e. The molecule has 0 bridgehead atoms. The molecule has 0 fully saturated rings. The molecule has 1 aliphatic carbocycles. The fourth-order valence-corrected chi connectivity index (χ4v) is 3.25. The summed E-state index contributed by atoms with van der Waals surface area (Å²) >= 11 is 1.75. The summed E-state index contributed by atoms with van der Waals surface area (Å²) in [6, 6.07) is 2.36. The molecule has 0 radical (unpaired) electrons. The van der Waals surface area contributed by atoms with Gasteiger partial charge in [-0.3, -0.25) is 0 Å². The number of aryl methyl sites for hydroxylation is 1. The third-order valence-corrected chi connectivity index (χ3v) is 4.08. The molecule has 17 heavy (non-hydrogen) atoms. The average Bonchev–Trinajstić information content (AvgIpc) is 2.71. The predicted molar refractivity (Wildman–Crippen MR) is 63.3 cm³/mol. The Hall–Kier alpha value is -0.550. The van der Waals surface area contributed by atoms with Crippen LogP contribution in [0.25, 0.3) is 0 Å². The maximum absolute atomic E-state index is 12.0. The molecular weight excluding hydrogens is 247 g/mol. The van der Waals surface area contributed by atoms with Gasteiger partial charge in [-0.2, -0.15) is 13.2 Å². The standard InChI is InChI=1S/C12H16F3NS/c13-12(14,15)6-2-7-16-10-3-1-4-11-9(10)5-8-17-11/h5,8,10,16H,1-4,6-7H2. The lowest BCUT2D eigenvalue weighted by Crippen LogP contribution is -2.26. The van der Waals surface area contributed by atoms with Crippen LogP contribution in [0, 0.1) is 0 Å². The Bertz CT molecular complexity index is 359. The molecule has 1 unspecified atom stereocenters. The zero-order valence-corrected chi connectivity index (χ0v) is 10.3. The van der Waals surface area contributed by atoms with E-state index in [9.17, 15) is 13.2 Å². The summed E-state index contributed by atoms with van der Waals surface area (Å²) in [7, 11) is 0. The summed E-state index contributed by atoms with van der Waals surface area (Å²) in [6.07, 6.45) is -1.27. The van der Waals surface area contributed by atoms with Crippen LogP contribution in [0.2, 0.25) is 0 Å². The first-order valence-electron chi connectivity index (χ1n) is 5.93. The first kappa shape index (κ1) is 12.9. The molecule has 96 valence electrons. The molecule has 0 spiro atoms. The molecule has 1 nitrogen and oxygen atoms in total. The second kappa shape index (κ2) is 5.40. The maximum Gasteiger partial charge on any atom is 0.389 e. The van der Waals surface area contributed by atoms with Crippen molar-refractivity contribution in [1.29, 1.82) is 0 Å². The molecule has 1 aliphatic rings. The average molecular weight is 263 g/mol. The topological polar surface area (TPSA) is 12.0 Å². The van der Waals surface area contributed by atoms with Crippen molar-refractivity contribution in [1.82, 2.24) is 5.32 Å². The summed E-state index contributed by atoms with van der Waals surface area (Å²) in [5.74, 6) is 0. The minimum absolute atomic E-state index is 0.166. The molecule has 0 saturated carbocycles. The third-order valence-electron chi connectivity index (χ3n) is 3.08. The van der Waals surface area contributed by atoms with E-state index in [1.54, 1.807) is 11.3 Å². The van der Waals surface area contributed by atoms with E-state index in [2.05, 4.69) is 16.8 Å². The Morgan fingerprint density at radius 3 is 3.00 bits per heavy atom. The van der Waals surface area contributed by atoms with Gasteiger partial charge in [-0.1, -0.05) is 0 Å². The van der Waals surface area contributed by atoms with Crippen molar-refractivity contribution in [2.24, 2.45) is 0 Å². The number of alkyl halides is 3. The van der Waals surface area contributed by atoms with Crippen molar-refractivity contribution >= 4 is 11.3 Å². The van der Waals surface area contributed by atoms with Gasteiger partial charge in [0.2, 0.25) is 0 Å². The van der Waals surface area contributed by atoms with E-state index in [1.807, 2.05) is 0 Å². The second-order valence-electron chi connectivity index (χ2n) is 4.42. The summed E-state index contributed by atoms with van der Waals surface area (Å²) < 4.78 is 36.0. The molecule has 0 aromatic carbocycles. The number of hydrogen-bond acceptors (Lipinski definition) is 2. The van der Waals surface area contributed by atoms with E-state index < -0.39 is 12.6 Å². The Kier molecular flexibility index (Phi) is 4.09. The molecule has 1 atom stereocenters. The van der Waals surface area contributed by atoms with Crippen LogP contribution in [-0.4, -0.2) is 12.7 Å². The molecule has 0 amide bonds. The molecule has 1 N–H and O–H groups in total. The second-order valence-corrected chi connectivity index (χ2v) is 5.42. The van der Waals surface area contributed by atoms with Crippen molar-refractivity contribution in [2.45, 2.75) is 44.3 Å². The van der Waals surface area contributed by atoms with Crippen LogP contribution < -0.4 is 5.32 Å². The molecule has 1 aromatic heterocycles. The number of fused-ring (bicyclic) bond motifs is 1. The van der Waals surface area contributed by atoms with Crippen LogP contribution in [0.15, 0.2) is 11.4 Å². The van der Waals surface area contributed by atoms with Crippen LogP contribution in [0.1, 0.15) is 42.2 Å². The van der Waals surface area contributed by atoms with E-state index in [-0.39, 0.29) is 12.5 Å². The Morgan fingerprint density at radius 2 is 2.24 bits per heavy atom. The van der Waals surface area contributed by atoms with Gasteiger partial charge in [0.15, 0.2) is 0 Å². The van der Waals surface area contributed by atoms with Crippen molar-refractivity contribution in [2.75, 3.05) is 6.54 Å². The normalized spacial score (nSPS) is 20.3. The zero-order valence-electron chi connectivity index (χ0n) is 9.52. The smallest absolute Gasteiger partial charge is 0.310 e. The van der Waals surface area contributed by atoms with E-state index >= 15 is 0 Å². The summed E-state index contributed by atoms with van der Waals surface area (Å²) in [4.78, 5) is 1.39. The van der Waals surface area contributed by atoms with E-state index in [1.165, 1.54) is 10.4 Å². The van der Waals surface area contributed by atoms with E-state index in [0.29, 0.717) is 6.54 Å². The van der Waals surface area contributed by atoms with Gasteiger partial charge in [0.05, 0.1) is 0 Å². The Morgan fingerprint density at radius 1 is 1.41 bits per heavy atom. The molecule has 0 saturated heterocycles. The highest BCUT2D eigenvalue weighted by Gasteiger charge is 2.26. The molecule has 0 aliphatic heterocycles. The van der Waals surface area contributed by atoms with Crippen molar-refractivity contribution in [3.8, 4) is 0 Å². The molecular formula is C12H16F3NS.